The molecule has 0 nitrogen and oxygen atoms in total. The minimum Gasteiger partial charge on any atom is -0.0654 e. The van der Waals surface area contributed by atoms with Gasteiger partial charge in [-0.25, -0.2) is 0 Å². The average Bonchev–Trinajstić information content (AvgIpc) is 2.03. The molecule has 0 aliphatic heterocycles. The number of rotatable bonds is 6. The van der Waals surface area contributed by atoms with Crippen molar-refractivity contribution in [3.8, 4) is 0 Å². The van der Waals surface area contributed by atoms with E-state index in [-0.39, 0.29) is 0 Å². The van der Waals surface area contributed by atoms with Crippen LogP contribution in [0.2, 0.25) is 0 Å². The lowest BCUT2D eigenvalue weighted by molar-refractivity contribution is 0.352. The SMILES string of the molecule is CCC[C@@H](CC)CC(C)CC. The highest BCUT2D eigenvalue weighted by Crippen LogP contribution is 2.21. The lowest BCUT2D eigenvalue weighted by Gasteiger charge is -2.17. The summed E-state index contributed by atoms with van der Waals surface area (Å²) in [5, 5.41) is 0. The molecule has 0 saturated carbocycles. The zero-order chi connectivity index (χ0) is 8.69. The molecule has 0 rings (SSSR count). The molecule has 68 valence electrons. The molecular weight excluding hydrogens is 132 g/mol. The first-order valence-corrected chi connectivity index (χ1v) is 5.24. The monoisotopic (exact) mass is 156 g/mol. The van der Waals surface area contributed by atoms with Crippen molar-refractivity contribution < 1.29 is 0 Å². The van der Waals surface area contributed by atoms with E-state index in [0.29, 0.717) is 0 Å². The van der Waals surface area contributed by atoms with Crippen LogP contribution in [0.4, 0.5) is 0 Å². The van der Waals surface area contributed by atoms with Crippen molar-refractivity contribution in [1.82, 2.24) is 0 Å². The molecule has 0 aromatic heterocycles. The van der Waals surface area contributed by atoms with Crippen LogP contribution in [0.15, 0.2) is 0 Å². The first kappa shape index (κ1) is 11.0. The van der Waals surface area contributed by atoms with Gasteiger partial charge in [0.2, 0.25) is 0 Å². The predicted molar refractivity (Wildman–Crippen MR) is 52.8 cm³/mol. The first-order valence-electron chi connectivity index (χ1n) is 5.24. The summed E-state index contributed by atoms with van der Waals surface area (Å²) >= 11 is 0. The molecule has 0 fully saturated rings. The van der Waals surface area contributed by atoms with Crippen molar-refractivity contribution in [1.29, 1.82) is 0 Å². The normalized spacial score (nSPS) is 16.4. The van der Waals surface area contributed by atoms with E-state index in [1.54, 1.807) is 0 Å². The standard InChI is InChI=1S/C11H24/c1-5-8-11(7-3)9-10(4)6-2/h10-11H,5-9H2,1-4H3/t10?,11-/m1/s1. The highest BCUT2D eigenvalue weighted by molar-refractivity contribution is 4.60. The van der Waals surface area contributed by atoms with Gasteiger partial charge in [0, 0.05) is 0 Å². The van der Waals surface area contributed by atoms with E-state index >= 15 is 0 Å². The Kier molecular flexibility index (Phi) is 6.69. The molecule has 0 aliphatic rings. The second-order valence-electron chi connectivity index (χ2n) is 3.81. The van der Waals surface area contributed by atoms with Gasteiger partial charge in [-0.2, -0.15) is 0 Å². The molecule has 0 saturated heterocycles. The third-order valence-electron chi connectivity index (χ3n) is 2.71. The van der Waals surface area contributed by atoms with Crippen molar-refractivity contribution in [2.75, 3.05) is 0 Å². The van der Waals surface area contributed by atoms with E-state index < -0.39 is 0 Å². The second-order valence-corrected chi connectivity index (χ2v) is 3.81. The zero-order valence-corrected chi connectivity index (χ0v) is 8.69. The van der Waals surface area contributed by atoms with Gasteiger partial charge in [0.1, 0.15) is 0 Å². The minimum atomic E-state index is 0.937. The summed E-state index contributed by atoms with van der Waals surface area (Å²) in [7, 11) is 0. The maximum atomic E-state index is 2.37. The third kappa shape index (κ3) is 5.29. The maximum absolute atomic E-state index is 2.37. The Morgan fingerprint density at radius 1 is 1.00 bits per heavy atom. The molecule has 0 N–H and O–H groups in total. The molecule has 0 spiro atoms. The van der Waals surface area contributed by atoms with Gasteiger partial charge in [-0.15, -0.1) is 0 Å². The Morgan fingerprint density at radius 3 is 2.00 bits per heavy atom. The average molecular weight is 156 g/mol. The van der Waals surface area contributed by atoms with Gasteiger partial charge in [-0.05, 0) is 18.3 Å². The fraction of sp³-hybridized carbons (Fsp3) is 1.00. The Labute approximate surface area is 72.4 Å². The summed E-state index contributed by atoms with van der Waals surface area (Å²) in [5.41, 5.74) is 0. The van der Waals surface area contributed by atoms with Crippen molar-refractivity contribution in [2.24, 2.45) is 11.8 Å². The van der Waals surface area contributed by atoms with Gasteiger partial charge < -0.3 is 0 Å². The highest BCUT2D eigenvalue weighted by Gasteiger charge is 2.08. The van der Waals surface area contributed by atoms with Gasteiger partial charge >= 0.3 is 0 Å². The van der Waals surface area contributed by atoms with E-state index in [1.165, 1.54) is 32.1 Å². The molecule has 0 aromatic carbocycles. The third-order valence-corrected chi connectivity index (χ3v) is 2.71. The van der Waals surface area contributed by atoms with E-state index in [2.05, 4.69) is 27.7 Å². The summed E-state index contributed by atoms with van der Waals surface area (Å²) in [6.07, 6.45) is 6.95. The predicted octanol–water partition coefficient (Wildman–Crippen LogP) is 4.25. The largest absolute Gasteiger partial charge is 0.0654 e. The first-order chi connectivity index (χ1) is 5.24. The Bertz CT molecular complexity index is 76.1. The van der Waals surface area contributed by atoms with Gasteiger partial charge in [0.05, 0.1) is 0 Å². The minimum absolute atomic E-state index is 0.937. The summed E-state index contributed by atoms with van der Waals surface area (Å²) in [6, 6.07) is 0. The maximum Gasteiger partial charge on any atom is -0.0414 e. The molecule has 11 heavy (non-hydrogen) atoms. The number of hydrogen-bond donors (Lipinski definition) is 0. The van der Waals surface area contributed by atoms with E-state index in [1.807, 2.05) is 0 Å². The molecule has 2 atom stereocenters. The fourth-order valence-electron chi connectivity index (χ4n) is 1.63. The lowest BCUT2D eigenvalue weighted by atomic mass is 9.89. The van der Waals surface area contributed by atoms with Crippen LogP contribution in [0.5, 0.6) is 0 Å². The second kappa shape index (κ2) is 6.69. The molecule has 1 unspecified atom stereocenters. The van der Waals surface area contributed by atoms with E-state index in [0.717, 1.165) is 11.8 Å². The highest BCUT2D eigenvalue weighted by atomic mass is 14.1. The Hall–Kier alpha value is 0. The molecule has 0 bridgehead atoms. The molecule has 0 amide bonds. The molecule has 0 radical (unpaired) electrons. The quantitative estimate of drug-likeness (QED) is 0.539. The van der Waals surface area contributed by atoms with E-state index in [9.17, 15) is 0 Å². The van der Waals surface area contributed by atoms with Gasteiger partial charge in [0.15, 0.2) is 0 Å². The summed E-state index contributed by atoms with van der Waals surface area (Å²) in [6.45, 7) is 9.28. The molecular formula is C11H24. The summed E-state index contributed by atoms with van der Waals surface area (Å²) in [4.78, 5) is 0. The summed E-state index contributed by atoms with van der Waals surface area (Å²) in [5.74, 6) is 1.93. The van der Waals surface area contributed by atoms with Crippen molar-refractivity contribution in [3.63, 3.8) is 0 Å². The van der Waals surface area contributed by atoms with Crippen LogP contribution in [0.1, 0.15) is 59.8 Å². The smallest absolute Gasteiger partial charge is 0.0414 e. The van der Waals surface area contributed by atoms with Crippen LogP contribution in [0.3, 0.4) is 0 Å². The fourth-order valence-corrected chi connectivity index (χ4v) is 1.63. The van der Waals surface area contributed by atoms with Crippen LogP contribution in [0.25, 0.3) is 0 Å². The van der Waals surface area contributed by atoms with Gasteiger partial charge in [0.25, 0.3) is 0 Å². The van der Waals surface area contributed by atoms with E-state index in [4.69, 9.17) is 0 Å². The van der Waals surface area contributed by atoms with Crippen molar-refractivity contribution >= 4 is 0 Å². The van der Waals surface area contributed by atoms with Crippen LogP contribution in [-0.4, -0.2) is 0 Å². The van der Waals surface area contributed by atoms with Crippen LogP contribution >= 0.6 is 0 Å². The van der Waals surface area contributed by atoms with Crippen molar-refractivity contribution in [2.45, 2.75) is 59.8 Å². The lowest BCUT2D eigenvalue weighted by Crippen LogP contribution is -2.04. The van der Waals surface area contributed by atoms with Gasteiger partial charge in [-0.3, -0.25) is 0 Å². The topological polar surface area (TPSA) is 0 Å². The van der Waals surface area contributed by atoms with Crippen molar-refractivity contribution in [3.05, 3.63) is 0 Å². The Balaban J connectivity index is 3.49. The molecule has 0 heterocycles. The van der Waals surface area contributed by atoms with Crippen LogP contribution in [0, 0.1) is 11.8 Å². The molecule has 0 heteroatoms. The Morgan fingerprint density at radius 2 is 1.64 bits per heavy atom. The van der Waals surface area contributed by atoms with Crippen LogP contribution < -0.4 is 0 Å². The van der Waals surface area contributed by atoms with Gasteiger partial charge in [-0.1, -0.05) is 53.4 Å². The molecule has 0 aromatic rings. The zero-order valence-electron chi connectivity index (χ0n) is 8.69. The molecule has 0 aliphatic carbocycles. The summed E-state index contributed by atoms with van der Waals surface area (Å²) < 4.78 is 0. The number of hydrogen-bond acceptors (Lipinski definition) is 0. The van der Waals surface area contributed by atoms with Crippen LogP contribution in [-0.2, 0) is 0 Å².